The summed E-state index contributed by atoms with van der Waals surface area (Å²) < 4.78 is 1.25. The number of nitrogens with zero attached hydrogens (tertiary/aromatic N) is 3. The number of fused-ring (bicyclic) bond motifs is 3. The van der Waals surface area contributed by atoms with Crippen LogP contribution >= 0.6 is 0 Å². The molecular formula is C13H12N4O. The third-order valence-electron chi connectivity index (χ3n) is 3.08. The van der Waals surface area contributed by atoms with Crippen molar-refractivity contribution in [3.05, 3.63) is 35.7 Å². The lowest BCUT2D eigenvalue weighted by Crippen LogP contribution is -2.20. The van der Waals surface area contributed by atoms with Crippen LogP contribution < -0.4 is 5.73 Å². The Morgan fingerprint density at radius 3 is 2.67 bits per heavy atom. The van der Waals surface area contributed by atoms with Crippen LogP contribution in [0, 0.1) is 13.8 Å². The fourth-order valence-electron chi connectivity index (χ4n) is 2.38. The normalized spacial score (nSPS) is 11.2. The average Bonchev–Trinajstić information content (AvgIpc) is 2.68. The van der Waals surface area contributed by atoms with E-state index >= 15 is 0 Å². The van der Waals surface area contributed by atoms with Crippen molar-refractivity contribution in [3.63, 3.8) is 0 Å². The zero-order valence-electron chi connectivity index (χ0n) is 10.1. The van der Waals surface area contributed by atoms with Crippen molar-refractivity contribution in [2.45, 2.75) is 13.8 Å². The highest BCUT2D eigenvalue weighted by molar-refractivity contribution is 6.08. The van der Waals surface area contributed by atoms with E-state index in [0.29, 0.717) is 0 Å². The molecule has 0 atom stereocenters. The molecule has 3 aromatic rings. The van der Waals surface area contributed by atoms with Crippen LogP contribution in [0.2, 0.25) is 0 Å². The van der Waals surface area contributed by atoms with Gasteiger partial charge < -0.3 is 5.73 Å². The Hall–Kier alpha value is -2.43. The van der Waals surface area contributed by atoms with E-state index in [9.17, 15) is 4.79 Å². The zero-order chi connectivity index (χ0) is 12.9. The molecular weight excluding hydrogens is 228 g/mol. The molecule has 0 saturated carbocycles. The van der Waals surface area contributed by atoms with E-state index in [1.807, 2.05) is 38.1 Å². The van der Waals surface area contributed by atoms with Gasteiger partial charge in [-0.2, -0.15) is 9.78 Å². The number of para-hydroxylation sites is 1. The third kappa shape index (κ3) is 1.30. The summed E-state index contributed by atoms with van der Waals surface area (Å²) >= 11 is 0. The highest BCUT2D eigenvalue weighted by atomic mass is 16.2. The Balaban J connectivity index is 2.64. The molecule has 2 aromatic heterocycles. The maximum Gasteiger partial charge on any atom is 0.340 e. The Morgan fingerprint density at radius 2 is 1.94 bits per heavy atom. The molecule has 1 amide bonds. The van der Waals surface area contributed by atoms with Crippen molar-refractivity contribution in [2.24, 2.45) is 5.73 Å². The van der Waals surface area contributed by atoms with Gasteiger partial charge in [0.05, 0.1) is 16.7 Å². The predicted molar refractivity (Wildman–Crippen MR) is 69.5 cm³/mol. The smallest absolute Gasteiger partial charge is 0.340 e. The number of rotatable bonds is 0. The van der Waals surface area contributed by atoms with Crippen LogP contribution in [0.15, 0.2) is 24.3 Å². The second-order valence-electron chi connectivity index (χ2n) is 4.27. The highest BCUT2D eigenvalue weighted by Gasteiger charge is 2.16. The summed E-state index contributed by atoms with van der Waals surface area (Å²) in [6.07, 6.45) is 0. The molecule has 0 radical (unpaired) electrons. The van der Waals surface area contributed by atoms with E-state index in [2.05, 4.69) is 10.1 Å². The molecule has 5 nitrogen and oxygen atoms in total. The molecule has 1 aromatic carbocycles. The molecule has 2 heterocycles. The van der Waals surface area contributed by atoms with Gasteiger partial charge in [0, 0.05) is 16.5 Å². The lowest BCUT2D eigenvalue weighted by atomic mass is 10.1. The fourth-order valence-corrected chi connectivity index (χ4v) is 2.38. The highest BCUT2D eigenvalue weighted by Crippen LogP contribution is 2.28. The van der Waals surface area contributed by atoms with Gasteiger partial charge in [-0.25, -0.2) is 4.79 Å². The Bertz CT molecular complexity index is 788. The molecule has 5 heteroatoms. The van der Waals surface area contributed by atoms with E-state index in [4.69, 9.17) is 5.73 Å². The minimum atomic E-state index is -0.580. The molecule has 0 spiro atoms. The number of hydrogen-bond acceptors (Lipinski definition) is 3. The summed E-state index contributed by atoms with van der Waals surface area (Å²) in [5.41, 5.74) is 8.57. The van der Waals surface area contributed by atoms with Gasteiger partial charge in [-0.1, -0.05) is 18.2 Å². The number of primary amides is 1. The molecule has 0 aliphatic carbocycles. The van der Waals surface area contributed by atoms with E-state index in [0.717, 1.165) is 33.2 Å². The standard InChI is InChI=1S/C13H12N4O/c1-7-11-8(2)16-17(13(14)18)12(11)9-5-3-4-6-10(9)15-7/h3-6H,1-2H3,(H2,14,18). The monoisotopic (exact) mass is 240 g/mol. The number of carbonyl (C=O) groups is 1. The van der Waals surface area contributed by atoms with E-state index in [-0.39, 0.29) is 0 Å². The van der Waals surface area contributed by atoms with Crippen molar-refractivity contribution in [1.29, 1.82) is 0 Å². The number of aryl methyl sites for hydroxylation is 2. The molecule has 0 bridgehead atoms. The maximum atomic E-state index is 11.5. The Kier molecular flexibility index (Phi) is 2.10. The molecule has 0 aliphatic heterocycles. The molecule has 3 rings (SSSR count). The first-order chi connectivity index (χ1) is 8.59. The van der Waals surface area contributed by atoms with Gasteiger partial charge in [0.2, 0.25) is 0 Å². The van der Waals surface area contributed by atoms with Gasteiger partial charge in [0.15, 0.2) is 0 Å². The quantitative estimate of drug-likeness (QED) is 0.654. The summed E-state index contributed by atoms with van der Waals surface area (Å²) in [7, 11) is 0. The number of pyridine rings is 1. The van der Waals surface area contributed by atoms with E-state index < -0.39 is 6.03 Å². The molecule has 0 saturated heterocycles. The van der Waals surface area contributed by atoms with Gasteiger partial charge in [0.25, 0.3) is 0 Å². The summed E-state index contributed by atoms with van der Waals surface area (Å²) in [4.78, 5) is 16.0. The first-order valence-electron chi connectivity index (χ1n) is 5.64. The van der Waals surface area contributed by atoms with Gasteiger partial charge in [0.1, 0.15) is 0 Å². The second kappa shape index (κ2) is 3.53. The van der Waals surface area contributed by atoms with Crippen molar-refractivity contribution in [3.8, 4) is 0 Å². The van der Waals surface area contributed by atoms with Crippen molar-refractivity contribution >= 4 is 27.8 Å². The summed E-state index contributed by atoms with van der Waals surface area (Å²) in [6.45, 7) is 3.76. The number of amides is 1. The van der Waals surface area contributed by atoms with Crippen molar-refractivity contribution < 1.29 is 4.79 Å². The predicted octanol–water partition coefficient (Wildman–Crippen LogP) is 2.13. The largest absolute Gasteiger partial charge is 0.350 e. The van der Waals surface area contributed by atoms with Gasteiger partial charge >= 0.3 is 6.03 Å². The number of aromatic nitrogens is 3. The fraction of sp³-hybridized carbons (Fsp3) is 0.154. The van der Waals surface area contributed by atoms with Crippen LogP contribution in [0.5, 0.6) is 0 Å². The van der Waals surface area contributed by atoms with Crippen LogP contribution in [-0.2, 0) is 0 Å². The SMILES string of the molecule is Cc1nc2ccccc2c2c1c(C)nn2C(N)=O. The summed E-state index contributed by atoms with van der Waals surface area (Å²) in [5.74, 6) is 0. The summed E-state index contributed by atoms with van der Waals surface area (Å²) in [6, 6.07) is 7.08. The first kappa shape index (κ1) is 10.7. The van der Waals surface area contributed by atoms with Gasteiger partial charge in [-0.05, 0) is 19.9 Å². The number of benzene rings is 1. The maximum absolute atomic E-state index is 11.5. The minimum absolute atomic E-state index is 0.580. The average molecular weight is 240 g/mol. The third-order valence-corrected chi connectivity index (χ3v) is 3.08. The number of carbonyl (C=O) groups excluding carboxylic acids is 1. The second-order valence-corrected chi connectivity index (χ2v) is 4.27. The van der Waals surface area contributed by atoms with Crippen LogP contribution in [-0.4, -0.2) is 20.8 Å². The van der Waals surface area contributed by atoms with Crippen LogP contribution in [0.1, 0.15) is 11.4 Å². The van der Waals surface area contributed by atoms with Crippen molar-refractivity contribution in [2.75, 3.05) is 0 Å². The minimum Gasteiger partial charge on any atom is -0.350 e. The van der Waals surface area contributed by atoms with Crippen LogP contribution in [0.3, 0.4) is 0 Å². The molecule has 90 valence electrons. The topological polar surface area (TPSA) is 73.8 Å². The molecule has 0 unspecified atom stereocenters. The zero-order valence-corrected chi connectivity index (χ0v) is 10.1. The Morgan fingerprint density at radius 1 is 1.22 bits per heavy atom. The molecule has 18 heavy (non-hydrogen) atoms. The lowest BCUT2D eigenvalue weighted by Gasteiger charge is -2.04. The van der Waals surface area contributed by atoms with Gasteiger partial charge in [-0.15, -0.1) is 0 Å². The lowest BCUT2D eigenvalue weighted by molar-refractivity contribution is 0.248. The molecule has 0 fully saturated rings. The Labute approximate surface area is 103 Å². The van der Waals surface area contributed by atoms with E-state index in [1.165, 1.54) is 4.68 Å². The van der Waals surface area contributed by atoms with Crippen molar-refractivity contribution in [1.82, 2.24) is 14.8 Å². The summed E-state index contributed by atoms with van der Waals surface area (Å²) in [5, 5.41) is 5.98. The van der Waals surface area contributed by atoms with Crippen LogP contribution in [0.4, 0.5) is 4.79 Å². The number of nitrogens with two attached hydrogens (primary N) is 1. The molecule has 0 aliphatic rings. The molecule has 2 N–H and O–H groups in total. The van der Waals surface area contributed by atoms with E-state index in [1.54, 1.807) is 0 Å². The number of hydrogen-bond donors (Lipinski definition) is 1. The first-order valence-corrected chi connectivity index (χ1v) is 5.64. The van der Waals surface area contributed by atoms with Crippen LogP contribution in [0.25, 0.3) is 21.8 Å². The van der Waals surface area contributed by atoms with Gasteiger partial charge in [-0.3, -0.25) is 4.98 Å².